The highest BCUT2D eigenvalue weighted by Crippen LogP contribution is 2.27. The Morgan fingerprint density at radius 3 is 2.73 bits per heavy atom. The van der Waals surface area contributed by atoms with Gasteiger partial charge in [0.1, 0.15) is 6.61 Å². The maximum absolute atomic E-state index is 5.97. The molecule has 0 aliphatic carbocycles. The number of aryl methyl sites for hydroxylation is 2. The minimum absolute atomic E-state index is 0.674. The number of nitrogens with zero attached hydrogens (tertiary/aromatic N) is 3. The summed E-state index contributed by atoms with van der Waals surface area (Å²) in [5.74, 6) is 1.63. The summed E-state index contributed by atoms with van der Waals surface area (Å²) < 4.78 is 11.4. The standard InChI is InChI=1S/C21H29N3O2/c1-17-5-6-20(21(15-17)25-3)26-14-13-23-9-4-10-24(12-11-23)19-7-8-22-16-18(19)2/h5-8,15-16H,4,9-14H2,1-3H3. The largest absolute Gasteiger partial charge is 0.493 e. The molecule has 1 aliphatic rings. The van der Waals surface area contributed by atoms with Gasteiger partial charge in [-0.3, -0.25) is 9.88 Å². The lowest BCUT2D eigenvalue weighted by molar-refractivity contribution is 0.213. The Balaban J connectivity index is 1.50. The van der Waals surface area contributed by atoms with Crippen molar-refractivity contribution in [2.75, 3.05) is 51.3 Å². The van der Waals surface area contributed by atoms with Crippen LogP contribution < -0.4 is 14.4 Å². The van der Waals surface area contributed by atoms with Gasteiger partial charge >= 0.3 is 0 Å². The van der Waals surface area contributed by atoms with Crippen LogP contribution in [-0.4, -0.2) is 56.3 Å². The summed E-state index contributed by atoms with van der Waals surface area (Å²) in [5.41, 5.74) is 3.73. The molecule has 0 N–H and O–H groups in total. The van der Waals surface area contributed by atoms with Gasteiger partial charge in [-0.2, -0.15) is 0 Å². The van der Waals surface area contributed by atoms with Crippen LogP contribution in [0.15, 0.2) is 36.7 Å². The molecule has 140 valence electrons. The van der Waals surface area contributed by atoms with E-state index in [2.05, 4.69) is 40.8 Å². The number of hydrogen-bond acceptors (Lipinski definition) is 5. The Labute approximate surface area is 156 Å². The molecule has 1 aliphatic heterocycles. The SMILES string of the molecule is COc1cc(C)ccc1OCCN1CCCN(c2ccncc2C)CC1. The number of benzene rings is 1. The molecular weight excluding hydrogens is 326 g/mol. The molecular formula is C21H29N3O2. The third kappa shape index (κ3) is 4.67. The highest BCUT2D eigenvalue weighted by Gasteiger charge is 2.16. The molecule has 5 nitrogen and oxygen atoms in total. The fourth-order valence-electron chi connectivity index (χ4n) is 3.44. The van der Waals surface area contributed by atoms with E-state index in [4.69, 9.17) is 9.47 Å². The summed E-state index contributed by atoms with van der Waals surface area (Å²) in [4.78, 5) is 9.16. The van der Waals surface area contributed by atoms with E-state index < -0.39 is 0 Å². The first-order valence-corrected chi connectivity index (χ1v) is 9.33. The van der Waals surface area contributed by atoms with E-state index in [1.54, 1.807) is 7.11 Å². The van der Waals surface area contributed by atoms with Crippen molar-refractivity contribution in [2.24, 2.45) is 0 Å². The van der Waals surface area contributed by atoms with Gasteiger partial charge in [0.25, 0.3) is 0 Å². The zero-order chi connectivity index (χ0) is 18.4. The molecule has 1 fully saturated rings. The monoisotopic (exact) mass is 355 g/mol. The first-order chi connectivity index (χ1) is 12.7. The van der Waals surface area contributed by atoms with Crippen molar-refractivity contribution in [3.8, 4) is 11.5 Å². The maximum atomic E-state index is 5.97. The summed E-state index contributed by atoms with van der Waals surface area (Å²) in [6.07, 6.45) is 4.99. The van der Waals surface area contributed by atoms with Crippen molar-refractivity contribution in [1.82, 2.24) is 9.88 Å². The van der Waals surface area contributed by atoms with Crippen molar-refractivity contribution in [3.63, 3.8) is 0 Å². The molecule has 0 amide bonds. The van der Waals surface area contributed by atoms with Gasteiger partial charge < -0.3 is 14.4 Å². The molecule has 0 unspecified atom stereocenters. The average Bonchev–Trinajstić information content (AvgIpc) is 2.89. The predicted molar refractivity (Wildman–Crippen MR) is 105 cm³/mol. The highest BCUT2D eigenvalue weighted by molar-refractivity contribution is 5.51. The van der Waals surface area contributed by atoms with Crippen LogP contribution in [0.1, 0.15) is 17.5 Å². The Bertz CT molecular complexity index is 720. The lowest BCUT2D eigenvalue weighted by Crippen LogP contribution is -2.33. The number of pyridine rings is 1. The summed E-state index contributed by atoms with van der Waals surface area (Å²) in [6.45, 7) is 10.1. The van der Waals surface area contributed by atoms with Crippen LogP contribution in [0.4, 0.5) is 5.69 Å². The average molecular weight is 355 g/mol. The lowest BCUT2D eigenvalue weighted by Gasteiger charge is -2.25. The molecule has 0 radical (unpaired) electrons. The smallest absolute Gasteiger partial charge is 0.161 e. The van der Waals surface area contributed by atoms with Gasteiger partial charge in [-0.25, -0.2) is 0 Å². The van der Waals surface area contributed by atoms with E-state index >= 15 is 0 Å². The van der Waals surface area contributed by atoms with Crippen LogP contribution in [-0.2, 0) is 0 Å². The molecule has 5 heteroatoms. The second-order valence-electron chi connectivity index (χ2n) is 6.85. The Kier molecular flexibility index (Phi) is 6.34. The Hall–Kier alpha value is -2.27. The van der Waals surface area contributed by atoms with E-state index in [1.165, 1.54) is 16.8 Å². The van der Waals surface area contributed by atoms with Crippen LogP contribution >= 0.6 is 0 Å². The molecule has 3 rings (SSSR count). The molecule has 1 saturated heterocycles. The van der Waals surface area contributed by atoms with Crippen molar-refractivity contribution in [3.05, 3.63) is 47.8 Å². The Morgan fingerprint density at radius 2 is 1.92 bits per heavy atom. The number of rotatable bonds is 6. The summed E-state index contributed by atoms with van der Waals surface area (Å²) >= 11 is 0. The number of aromatic nitrogens is 1. The van der Waals surface area contributed by atoms with Crippen molar-refractivity contribution >= 4 is 5.69 Å². The van der Waals surface area contributed by atoms with Gasteiger partial charge in [-0.05, 0) is 49.6 Å². The highest BCUT2D eigenvalue weighted by atomic mass is 16.5. The zero-order valence-electron chi connectivity index (χ0n) is 16.1. The molecule has 1 aromatic heterocycles. The number of anilines is 1. The summed E-state index contributed by atoms with van der Waals surface area (Å²) in [5, 5.41) is 0. The second kappa shape index (κ2) is 8.90. The summed E-state index contributed by atoms with van der Waals surface area (Å²) in [6, 6.07) is 8.18. The first kappa shape index (κ1) is 18.5. The molecule has 0 bridgehead atoms. The minimum Gasteiger partial charge on any atom is -0.493 e. The van der Waals surface area contributed by atoms with E-state index in [1.807, 2.05) is 24.5 Å². The molecule has 1 aromatic carbocycles. The third-order valence-corrected chi connectivity index (χ3v) is 4.90. The minimum atomic E-state index is 0.674. The van der Waals surface area contributed by atoms with Crippen molar-refractivity contribution in [1.29, 1.82) is 0 Å². The van der Waals surface area contributed by atoms with Gasteiger partial charge in [0.05, 0.1) is 7.11 Å². The van der Waals surface area contributed by atoms with Gasteiger partial charge in [0, 0.05) is 50.8 Å². The molecule has 0 spiro atoms. The topological polar surface area (TPSA) is 37.8 Å². The Morgan fingerprint density at radius 1 is 1.04 bits per heavy atom. The van der Waals surface area contributed by atoms with Crippen LogP contribution in [0.3, 0.4) is 0 Å². The van der Waals surface area contributed by atoms with E-state index in [9.17, 15) is 0 Å². The molecule has 26 heavy (non-hydrogen) atoms. The first-order valence-electron chi connectivity index (χ1n) is 9.33. The number of hydrogen-bond donors (Lipinski definition) is 0. The fourth-order valence-corrected chi connectivity index (χ4v) is 3.44. The van der Waals surface area contributed by atoms with Crippen LogP contribution in [0.5, 0.6) is 11.5 Å². The van der Waals surface area contributed by atoms with Crippen molar-refractivity contribution < 1.29 is 9.47 Å². The van der Waals surface area contributed by atoms with E-state index in [0.29, 0.717) is 6.61 Å². The molecule has 0 atom stereocenters. The second-order valence-corrected chi connectivity index (χ2v) is 6.85. The number of ether oxygens (including phenoxy) is 2. The van der Waals surface area contributed by atoms with Gasteiger partial charge in [0.15, 0.2) is 11.5 Å². The van der Waals surface area contributed by atoms with Gasteiger partial charge in [-0.15, -0.1) is 0 Å². The van der Waals surface area contributed by atoms with Crippen LogP contribution in [0.2, 0.25) is 0 Å². The van der Waals surface area contributed by atoms with Crippen LogP contribution in [0, 0.1) is 13.8 Å². The van der Waals surface area contributed by atoms with E-state index in [0.717, 1.165) is 50.6 Å². The predicted octanol–water partition coefficient (Wildman–Crippen LogP) is 3.30. The third-order valence-electron chi connectivity index (χ3n) is 4.90. The fraction of sp³-hybridized carbons (Fsp3) is 0.476. The lowest BCUT2D eigenvalue weighted by atomic mass is 10.2. The summed E-state index contributed by atoms with van der Waals surface area (Å²) in [7, 11) is 1.69. The zero-order valence-corrected chi connectivity index (χ0v) is 16.1. The quantitative estimate of drug-likeness (QED) is 0.795. The molecule has 2 heterocycles. The molecule has 0 saturated carbocycles. The molecule has 2 aromatic rings. The van der Waals surface area contributed by atoms with Gasteiger partial charge in [0.2, 0.25) is 0 Å². The van der Waals surface area contributed by atoms with Crippen LogP contribution in [0.25, 0.3) is 0 Å². The van der Waals surface area contributed by atoms with Crippen molar-refractivity contribution in [2.45, 2.75) is 20.3 Å². The van der Waals surface area contributed by atoms with E-state index in [-0.39, 0.29) is 0 Å². The van der Waals surface area contributed by atoms with Gasteiger partial charge in [-0.1, -0.05) is 6.07 Å². The normalized spacial score (nSPS) is 15.6. The maximum Gasteiger partial charge on any atom is 0.161 e. The number of methoxy groups -OCH3 is 1.